The molecule has 0 aliphatic carbocycles. The van der Waals surface area contributed by atoms with Crippen LogP contribution in [0.4, 0.5) is 0 Å². The van der Waals surface area contributed by atoms with Crippen LogP contribution in [0.25, 0.3) is 0 Å². The van der Waals surface area contributed by atoms with E-state index in [2.05, 4.69) is 36.7 Å². The first-order valence-electron chi connectivity index (χ1n) is 18.1. The number of hydrogen-bond acceptors (Lipinski definition) is 9. The molecule has 2 rings (SSSR count). The molecule has 0 aliphatic rings. The Morgan fingerprint density at radius 3 is 1.90 bits per heavy atom. The molecule has 0 aromatic carbocycles. The summed E-state index contributed by atoms with van der Waals surface area (Å²) in [6.45, 7) is 0. The van der Waals surface area contributed by atoms with Gasteiger partial charge in [0.05, 0.1) is 0 Å². The molecule has 0 unspecified atom stereocenters. The van der Waals surface area contributed by atoms with E-state index in [0.717, 1.165) is 0 Å². The van der Waals surface area contributed by atoms with Crippen LogP contribution < -0.4 is 23.3 Å². The molecule has 0 radical (unpaired) electrons. The van der Waals surface area contributed by atoms with Crippen molar-refractivity contribution in [2.75, 3.05) is 0 Å². The molecule has 10 nitrogen and oxygen atoms in total. The topological polar surface area (TPSA) is 192 Å². The molecule has 0 saturated heterocycles. The van der Waals surface area contributed by atoms with Crippen LogP contribution >= 0.6 is 0 Å². The summed E-state index contributed by atoms with van der Waals surface area (Å²) in [5.41, 5.74) is 5.29. The Morgan fingerprint density at radius 1 is 1.10 bits per heavy atom. The van der Waals surface area contributed by atoms with E-state index in [4.69, 9.17) is 55.4 Å². The van der Waals surface area contributed by atoms with E-state index < -0.39 is 0 Å². The van der Waals surface area contributed by atoms with Gasteiger partial charge in [-0.1, -0.05) is 0 Å². The first-order chi connectivity index (χ1) is 22.8. The minimum absolute atomic E-state index is 0. The van der Waals surface area contributed by atoms with Gasteiger partial charge < -0.3 is 11.6 Å². The lowest BCUT2D eigenvalue weighted by Gasteiger charge is -1.92. The van der Waals surface area contributed by atoms with E-state index in [1.165, 1.54) is 12.4 Å². The standard InChI is InChI=1S/C5H7N5.C5H3N3.H4N2.14H2/c6-4(10-7)5-8-2-1-3-9-5;6-4-5-7-2-1-3-8-5;1-2;;;;;;;;;;;;;;/h1-3H,7H2,(H2,6,10);1-3H;1-2H2;14*1H/i;;;13*1+2T;1+2. The summed E-state index contributed by atoms with van der Waals surface area (Å²) >= 11 is 0. The third kappa shape index (κ3) is 6.55. The van der Waals surface area contributed by atoms with E-state index in [1.807, 2.05) is 0 Å². The number of hydrogen-bond donors (Lipinski definition) is 4. The zero-order valence-electron chi connectivity index (χ0n) is 36.5. The Bertz CT molecular complexity index is 579. The maximum Gasteiger partial charge on any atom is 0.232 e. The van der Waals surface area contributed by atoms with E-state index in [1.54, 1.807) is 30.6 Å². The van der Waals surface area contributed by atoms with Crippen molar-refractivity contribution in [1.82, 2.24) is 19.9 Å². The maximum atomic E-state index is 8.16. The molecular formula is C10H42N10. The Labute approximate surface area is 156 Å². The van der Waals surface area contributed by atoms with Gasteiger partial charge in [-0.25, -0.2) is 19.9 Å². The molecule has 0 amide bonds. The quantitative estimate of drug-likeness (QED) is 0.254. The number of amidine groups is 1. The van der Waals surface area contributed by atoms with Gasteiger partial charge in [0.25, 0.3) is 0 Å². The predicted octanol–water partition coefficient (Wildman–Crippen LogP) is 1.67. The molecule has 2 heterocycles. The van der Waals surface area contributed by atoms with E-state index >= 15 is 0 Å². The van der Waals surface area contributed by atoms with Gasteiger partial charge in [-0.15, -0.1) is 0 Å². The van der Waals surface area contributed by atoms with Crippen molar-refractivity contribution in [3.63, 3.8) is 0 Å². The number of hydrazine groups is 1. The lowest BCUT2D eigenvalue weighted by Crippen LogP contribution is -2.18. The summed E-state index contributed by atoms with van der Waals surface area (Å²) in [5, 5.41) is 11.4. The Morgan fingerprint density at radius 2 is 1.55 bits per heavy atom. The first-order valence-corrected chi connectivity index (χ1v) is 5.09. The highest BCUT2D eigenvalue weighted by Gasteiger charge is 1.96. The van der Waals surface area contributed by atoms with Gasteiger partial charge in [0.15, 0.2) is 11.7 Å². The summed E-state index contributed by atoms with van der Waals surface area (Å²) in [7, 11) is 0. The van der Waals surface area contributed by atoms with E-state index in [-0.39, 0.29) is 13.1 Å². The molecule has 0 spiro atoms. The third-order valence-electron chi connectivity index (χ3n) is 1.60. The second-order valence-electron chi connectivity index (χ2n) is 2.77. The second kappa shape index (κ2) is 11.0. The number of nitriles is 1. The first kappa shape index (κ1) is 5.08. The van der Waals surface area contributed by atoms with Crippen molar-refractivity contribution in [3.8, 4) is 6.07 Å². The van der Waals surface area contributed by atoms with Gasteiger partial charge in [0, 0.05) is 64.8 Å². The zero-order chi connectivity index (χ0) is 41.2. The molecule has 8 N–H and O–H groups in total. The minimum Gasteiger partial charge on any atom is -0.379 e. The second-order valence-corrected chi connectivity index (χ2v) is 2.77. The van der Waals surface area contributed by atoms with Crippen LogP contribution in [0, 0.1) is 11.3 Å². The van der Waals surface area contributed by atoms with Crippen LogP contribution in [0.15, 0.2) is 42.0 Å². The van der Waals surface area contributed by atoms with Crippen LogP contribution in [0.2, 0.25) is 0 Å². The molecule has 10 heteroatoms. The summed E-state index contributed by atoms with van der Waals surface area (Å²) in [6.07, 6.45) is 6.21. The van der Waals surface area contributed by atoms with Gasteiger partial charge in [-0.3, -0.25) is 11.7 Å². The fraction of sp³-hybridized carbons (Fsp3) is 0. The third-order valence-corrected chi connectivity index (χ3v) is 1.60. The average Bonchev–Trinajstić information content (AvgIpc) is 3.26. The molecule has 2 aromatic heterocycles. The lowest BCUT2D eigenvalue weighted by atomic mass is 10.5. The Hall–Kier alpha value is -3.16. The fourth-order valence-corrected chi connectivity index (χ4v) is 0.846. The number of hydrazone groups is 1. The minimum atomic E-state index is 0. The van der Waals surface area contributed by atoms with Gasteiger partial charge >= 0.3 is 0 Å². The summed E-state index contributed by atoms with van der Waals surface area (Å²) in [6, 6.07) is 5.16. The van der Waals surface area contributed by atoms with Gasteiger partial charge in [-0.05, 0) is 12.1 Å². The van der Waals surface area contributed by atoms with Gasteiger partial charge in [0.2, 0.25) is 5.82 Å². The van der Waals surface area contributed by atoms with Crippen LogP contribution in [0.3, 0.4) is 0 Å². The highest BCUT2D eigenvalue weighted by Crippen LogP contribution is 1.83. The largest absolute Gasteiger partial charge is 0.379 e. The van der Waals surface area contributed by atoms with Gasteiger partial charge in [0.1, 0.15) is 6.07 Å². The smallest absolute Gasteiger partial charge is 0.232 e. The number of aromatic nitrogens is 4. The van der Waals surface area contributed by atoms with E-state index in [0.29, 0.717) is 5.82 Å². The lowest BCUT2D eigenvalue weighted by molar-refractivity contribution is 1.10. The van der Waals surface area contributed by atoms with Gasteiger partial charge in [-0.2, -0.15) is 10.4 Å². The fourth-order valence-electron chi connectivity index (χ4n) is 0.846. The highest BCUT2D eigenvalue weighted by molar-refractivity contribution is 5.93. The average molecular weight is 357 g/mol. The molecule has 132 valence electrons. The monoisotopic (exact) mass is 357 g/mol. The van der Waals surface area contributed by atoms with Crippen LogP contribution in [-0.2, 0) is 0 Å². The van der Waals surface area contributed by atoms with Crippen LogP contribution in [0.5, 0.6) is 0 Å². The molecule has 2 aromatic rings. The number of nitrogens with two attached hydrogens (primary N) is 4. The number of rotatable bonds is 1. The summed E-state index contributed by atoms with van der Waals surface area (Å²) in [5.74, 6) is 13.6. The number of nitrogens with zero attached hydrogens (tertiary/aromatic N) is 6. The Kier molecular flexibility index (Phi) is 2.78. The van der Waals surface area contributed by atoms with Crippen molar-refractivity contribution in [2.24, 2.45) is 28.4 Å². The molecule has 20 heavy (non-hydrogen) atoms. The highest BCUT2D eigenvalue weighted by atomic mass is 15.2. The molecular weight excluding hydrogens is 260 g/mol. The molecule has 0 atom stereocenters. The van der Waals surface area contributed by atoms with Crippen molar-refractivity contribution < 1.29 is 40.0 Å². The normalized spacial score (nSPS) is 14.3. The molecule has 0 aliphatic heterocycles. The summed E-state index contributed by atoms with van der Waals surface area (Å²) in [4.78, 5) is 14.9. The molecule has 0 saturated carbocycles. The summed E-state index contributed by atoms with van der Waals surface area (Å²) < 4.78 is 130. The van der Waals surface area contributed by atoms with Crippen molar-refractivity contribution in [1.29, 1.82) is 5.26 Å². The molecule has 0 fully saturated rings. The maximum absolute atomic E-state index is 8.16. The van der Waals surface area contributed by atoms with Crippen LogP contribution in [0.1, 0.15) is 51.7 Å². The van der Waals surface area contributed by atoms with Crippen LogP contribution in [-0.4, -0.2) is 25.8 Å². The predicted molar refractivity (Wildman–Crippen MR) is 102 cm³/mol. The van der Waals surface area contributed by atoms with Crippen molar-refractivity contribution >= 4 is 5.84 Å². The molecule has 0 bridgehead atoms. The zero-order valence-corrected chi connectivity index (χ0v) is 10.5. The Balaban J connectivity index is -0.0000000194. The van der Waals surface area contributed by atoms with Crippen molar-refractivity contribution in [3.05, 3.63) is 48.6 Å². The van der Waals surface area contributed by atoms with E-state index in [9.17, 15) is 0 Å². The van der Waals surface area contributed by atoms with Crippen molar-refractivity contribution in [2.45, 2.75) is 0 Å². The SMILES string of the molecule is N#Cc1ncccn1.N/N=C(\N)c1ncccn1.NN.[3HH].[3H][3H].[3H][3H].[3H][3H].[3H][3H].[3H][3H].[3H][3H].[3H][3H].[3H][3H].[3H][3H].[3H][3H].[3H][3H].[3H][3H].[3H][3H].